The van der Waals surface area contributed by atoms with Crippen LogP contribution in [0.4, 0.5) is 0 Å². The zero-order chi connectivity index (χ0) is 24.5. The molecule has 0 radical (unpaired) electrons. The third-order valence-corrected chi connectivity index (χ3v) is 7.32. The minimum atomic E-state index is -0.0520. The van der Waals surface area contributed by atoms with E-state index in [4.69, 9.17) is 17.2 Å². The molecule has 1 fully saturated rings. The Labute approximate surface area is 212 Å². The van der Waals surface area contributed by atoms with E-state index in [1.165, 1.54) is 33.8 Å². The van der Waals surface area contributed by atoms with Crippen molar-refractivity contribution in [3.8, 4) is 5.69 Å². The van der Waals surface area contributed by atoms with Gasteiger partial charge in [0.2, 0.25) is 0 Å². The number of hydrogen-bond acceptors (Lipinski definition) is 3. The average Bonchev–Trinajstić information content (AvgIpc) is 3.35. The summed E-state index contributed by atoms with van der Waals surface area (Å²) in [5.74, 6) is 0. The van der Waals surface area contributed by atoms with Gasteiger partial charge in [-0.1, -0.05) is 37.3 Å². The smallest absolute Gasteiger partial charge is 0.170 e. The molecule has 4 aromatic rings. The van der Waals surface area contributed by atoms with Crippen LogP contribution in [0.2, 0.25) is 0 Å². The largest absolute Gasteiger partial charge is 0.352 e. The molecule has 1 N–H and O–H groups in total. The second-order valence-electron chi connectivity index (χ2n) is 9.17. The van der Waals surface area contributed by atoms with Gasteiger partial charge < -0.3 is 14.8 Å². The molecule has 0 amide bonds. The van der Waals surface area contributed by atoms with Gasteiger partial charge in [0.1, 0.15) is 0 Å². The Bertz CT molecular complexity index is 1350. The lowest BCUT2D eigenvalue weighted by Crippen LogP contribution is -2.29. The van der Waals surface area contributed by atoms with Gasteiger partial charge in [-0.15, -0.1) is 0 Å². The Morgan fingerprint density at radius 3 is 2.40 bits per heavy atom. The van der Waals surface area contributed by atoms with Crippen LogP contribution in [0.5, 0.6) is 0 Å². The second-order valence-corrected chi connectivity index (χ2v) is 9.56. The summed E-state index contributed by atoms with van der Waals surface area (Å²) in [5, 5.41) is 4.30. The molecule has 6 heteroatoms. The first kappa shape index (κ1) is 23.2. The van der Waals surface area contributed by atoms with Gasteiger partial charge in [-0.2, -0.15) is 0 Å². The topological polar surface area (TPSA) is 46.0 Å². The molecule has 0 spiro atoms. The minimum Gasteiger partial charge on any atom is -0.352 e. The molecule has 0 bridgehead atoms. The molecule has 1 aliphatic heterocycles. The quantitative estimate of drug-likeness (QED) is 0.346. The Hall–Kier alpha value is -3.51. The van der Waals surface area contributed by atoms with Gasteiger partial charge >= 0.3 is 0 Å². The van der Waals surface area contributed by atoms with E-state index in [0.717, 1.165) is 22.9 Å². The van der Waals surface area contributed by atoms with Gasteiger partial charge in [0.05, 0.1) is 35.7 Å². The summed E-state index contributed by atoms with van der Waals surface area (Å²) in [5.41, 5.74) is 9.60. The Morgan fingerprint density at radius 2 is 1.71 bits per heavy atom. The molecular weight excluding hydrogens is 450 g/mol. The maximum atomic E-state index is 5.88. The summed E-state index contributed by atoms with van der Waals surface area (Å²) in [6, 6.07) is 20.9. The predicted molar refractivity (Wildman–Crippen MR) is 145 cm³/mol. The van der Waals surface area contributed by atoms with Crippen LogP contribution in [0, 0.1) is 20.8 Å². The van der Waals surface area contributed by atoms with Crippen LogP contribution < -0.4 is 5.32 Å². The maximum absolute atomic E-state index is 5.88. The van der Waals surface area contributed by atoms with E-state index in [2.05, 4.69) is 83.9 Å². The fourth-order valence-electron chi connectivity index (χ4n) is 5.34. The summed E-state index contributed by atoms with van der Waals surface area (Å²) >= 11 is 5.88. The fourth-order valence-corrected chi connectivity index (χ4v) is 5.64. The van der Waals surface area contributed by atoms with Crippen LogP contribution in [0.15, 0.2) is 73.1 Å². The molecule has 0 saturated carbocycles. The molecule has 4 heterocycles. The van der Waals surface area contributed by atoms with E-state index in [1.807, 2.05) is 36.7 Å². The molecule has 2 atom stereocenters. The van der Waals surface area contributed by atoms with Crippen molar-refractivity contribution in [2.45, 2.75) is 52.7 Å². The molecule has 3 aromatic heterocycles. The average molecular weight is 482 g/mol. The molecule has 1 aliphatic rings. The molecule has 178 valence electrons. The van der Waals surface area contributed by atoms with Crippen molar-refractivity contribution >= 4 is 17.3 Å². The highest BCUT2D eigenvalue weighted by atomic mass is 32.1. The van der Waals surface area contributed by atoms with E-state index in [0.29, 0.717) is 6.54 Å². The van der Waals surface area contributed by atoms with Gasteiger partial charge in [-0.25, -0.2) is 0 Å². The summed E-state index contributed by atoms with van der Waals surface area (Å²) < 4.78 is 2.42. The lowest BCUT2D eigenvalue weighted by atomic mass is 9.96. The predicted octanol–water partition coefficient (Wildman–Crippen LogP) is 5.93. The van der Waals surface area contributed by atoms with Gasteiger partial charge in [0.15, 0.2) is 5.11 Å². The van der Waals surface area contributed by atoms with Gasteiger partial charge in [0.25, 0.3) is 0 Å². The minimum absolute atomic E-state index is 0.00606. The molecule has 0 unspecified atom stereocenters. The van der Waals surface area contributed by atoms with Crippen LogP contribution in [0.25, 0.3) is 5.69 Å². The van der Waals surface area contributed by atoms with Crippen molar-refractivity contribution in [1.82, 2.24) is 24.8 Å². The third kappa shape index (κ3) is 4.23. The molecule has 5 rings (SSSR count). The number of aromatic nitrogens is 3. The van der Waals surface area contributed by atoms with E-state index in [9.17, 15) is 0 Å². The van der Waals surface area contributed by atoms with Crippen molar-refractivity contribution in [1.29, 1.82) is 0 Å². The van der Waals surface area contributed by atoms with Crippen LogP contribution in [0.3, 0.4) is 0 Å². The standard InChI is InChI=1S/C29H31N5S/c1-5-22-12-10-11-19(2)27(22)34-20(3)17-24(21(34)4)28-26(25-14-7-9-16-31-25)32-29(35)33(28)18-23-13-6-8-15-30-23/h6-17,26,28H,5,18H2,1-4H3,(H,32,35)/t26-,28-/m0/s1. The van der Waals surface area contributed by atoms with Gasteiger partial charge in [-0.05, 0) is 86.4 Å². The monoisotopic (exact) mass is 481 g/mol. The van der Waals surface area contributed by atoms with E-state index >= 15 is 0 Å². The highest BCUT2D eigenvalue weighted by Gasteiger charge is 2.41. The first-order chi connectivity index (χ1) is 17.0. The number of aryl methyl sites for hydroxylation is 3. The maximum Gasteiger partial charge on any atom is 0.170 e. The van der Waals surface area contributed by atoms with Crippen molar-refractivity contribution in [2.75, 3.05) is 0 Å². The Balaban J connectivity index is 1.66. The Morgan fingerprint density at radius 1 is 0.943 bits per heavy atom. The number of benzene rings is 1. The molecule has 5 nitrogen and oxygen atoms in total. The van der Waals surface area contributed by atoms with Crippen molar-refractivity contribution in [3.63, 3.8) is 0 Å². The first-order valence-corrected chi connectivity index (χ1v) is 12.6. The third-order valence-electron chi connectivity index (χ3n) is 6.97. The normalized spacial score (nSPS) is 17.6. The summed E-state index contributed by atoms with van der Waals surface area (Å²) in [6.45, 7) is 9.47. The number of nitrogens with zero attached hydrogens (tertiary/aromatic N) is 4. The number of pyridine rings is 2. The molecule has 1 saturated heterocycles. The summed E-state index contributed by atoms with van der Waals surface area (Å²) in [6.07, 6.45) is 4.67. The zero-order valence-corrected chi connectivity index (χ0v) is 21.5. The van der Waals surface area contributed by atoms with Gasteiger partial charge in [-0.3, -0.25) is 9.97 Å². The zero-order valence-electron chi connectivity index (χ0n) is 20.7. The van der Waals surface area contributed by atoms with E-state index in [-0.39, 0.29) is 12.1 Å². The number of nitrogens with one attached hydrogen (secondary N) is 1. The van der Waals surface area contributed by atoms with Crippen LogP contribution in [0.1, 0.15) is 58.5 Å². The highest BCUT2D eigenvalue weighted by Crippen LogP contribution is 2.42. The summed E-state index contributed by atoms with van der Waals surface area (Å²) in [7, 11) is 0. The first-order valence-electron chi connectivity index (χ1n) is 12.1. The lowest BCUT2D eigenvalue weighted by Gasteiger charge is -2.28. The number of rotatable bonds is 6. The molecule has 0 aliphatic carbocycles. The number of para-hydroxylation sites is 1. The number of hydrogen-bond donors (Lipinski definition) is 1. The number of thiocarbonyl (C=S) groups is 1. The van der Waals surface area contributed by atoms with Crippen molar-refractivity contribution in [2.24, 2.45) is 0 Å². The van der Waals surface area contributed by atoms with Gasteiger partial charge in [0, 0.05) is 23.8 Å². The van der Waals surface area contributed by atoms with Crippen LogP contribution in [-0.4, -0.2) is 24.5 Å². The lowest BCUT2D eigenvalue weighted by molar-refractivity contribution is 0.307. The van der Waals surface area contributed by atoms with Crippen molar-refractivity contribution in [3.05, 3.63) is 113 Å². The highest BCUT2D eigenvalue weighted by molar-refractivity contribution is 7.80. The molecule has 35 heavy (non-hydrogen) atoms. The Kier molecular flexibility index (Phi) is 6.39. The molecule has 1 aromatic carbocycles. The van der Waals surface area contributed by atoms with E-state index in [1.54, 1.807) is 0 Å². The van der Waals surface area contributed by atoms with Crippen molar-refractivity contribution < 1.29 is 0 Å². The SMILES string of the molecule is CCc1cccc(C)c1-n1c(C)cc([C@H]2[C@H](c3ccccn3)NC(=S)N2Cc2ccccn2)c1C. The fraction of sp³-hybridized carbons (Fsp3) is 0.276. The molecular formula is C29H31N5S. The second kappa shape index (κ2) is 9.62. The van der Waals surface area contributed by atoms with E-state index < -0.39 is 0 Å². The summed E-state index contributed by atoms with van der Waals surface area (Å²) in [4.78, 5) is 11.5. The van der Waals surface area contributed by atoms with Crippen LogP contribution >= 0.6 is 12.2 Å². The van der Waals surface area contributed by atoms with Crippen LogP contribution in [-0.2, 0) is 13.0 Å².